The lowest BCUT2D eigenvalue weighted by molar-refractivity contribution is -0.00184. The van der Waals surface area contributed by atoms with Crippen LogP contribution in [0.25, 0.3) is 0 Å². The van der Waals surface area contributed by atoms with E-state index in [1.807, 2.05) is 0 Å². The number of nitrogens with zero attached hydrogens (tertiary/aromatic N) is 1. The van der Waals surface area contributed by atoms with Gasteiger partial charge in [-0.2, -0.15) is 0 Å². The van der Waals surface area contributed by atoms with E-state index in [2.05, 4.69) is 25.7 Å². The van der Waals surface area contributed by atoms with Gasteiger partial charge in [-0.25, -0.2) is 0 Å². The van der Waals surface area contributed by atoms with Crippen molar-refractivity contribution < 1.29 is 4.74 Å². The smallest absolute Gasteiger partial charge is 0.0619 e. The van der Waals surface area contributed by atoms with Crippen LogP contribution in [0.15, 0.2) is 0 Å². The topological polar surface area (TPSA) is 38.5 Å². The second-order valence-corrected chi connectivity index (χ2v) is 5.43. The van der Waals surface area contributed by atoms with Crippen LogP contribution >= 0.6 is 0 Å². The highest BCUT2D eigenvalue weighted by Gasteiger charge is 2.20. The molecule has 90 valence electrons. The Balaban J connectivity index is 2.19. The normalized spacial score (nSPS) is 24.4. The van der Waals surface area contributed by atoms with E-state index in [0.717, 1.165) is 26.3 Å². The van der Waals surface area contributed by atoms with Gasteiger partial charge in [-0.05, 0) is 38.3 Å². The van der Waals surface area contributed by atoms with E-state index < -0.39 is 0 Å². The SMILES string of the molecule is CC1COCCN1CCCC(C)(C)CN. The molecule has 1 heterocycles. The first kappa shape index (κ1) is 12.9. The maximum Gasteiger partial charge on any atom is 0.0619 e. The predicted octanol–water partition coefficient (Wildman–Crippen LogP) is 1.47. The largest absolute Gasteiger partial charge is 0.379 e. The molecule has 15 heavy (non-hydrogen) atoms. The molecule has 1 aliphatic rings. The van der Waals surface area contributed by atoms with Crippen LogP contribution in [0, 0.1) is 5.41 Å². The number of rotatable bonds is 5. The van der Waals surface area contributed by atoms with Gasteiger partial charge >= 0.3 is 0 Å². The van der Waals surface area contributed by atoms with E-state index in [1.54, 1.807) is 0 Å². The standard InChI is InChI=1S/C12H26N2O/c1-11-9-15-8-7-14(11)6-4-5-12(2,3)10-13/h11H,4-10,13H2,1-3H3. The summed E-state index contributed by atoms with van der Waals surface area (Å²) in [6, 6.07) is 0.583. The molecule has 0 bridgehead atoms. The van der Waals surface area contributed by atoms with Gasteiger partial charge in [0.25, 0.3) is 0 Å². The number of ether oxygens (including phenoxy) is 1. The van der Waals surface area contributed by atoms with Crippen molar-refractivity contribution in [2.75, 3.05) is 32.8 Å². The Hall–Kier alpha value is -0.120. The molecule has 1 rings (SSSR count). The van der Waals surface area contributed by atoms with E-state index in [9.17, 15) is 0 Å². The summed E-state index contributed by atoms with van der Waals surface area (Å²) in [5.41, 5.74) is 6.02. The van der Waals surface area contributed by atoms with Crippen LogP contribution in [0.3, 0.4) is 0 Å². The van der Waals surface area contributed by atoms with Gasteiger partial charge in [-0.3, -0.25) is 4.90 Å². The number of hydrogen-bond donors (Lipinski definition) is 1. The summed E-state index contributed by atoms with van der Waals surface area (Å²) in [6.45, 7) is 11.6. The maximum absolute atomic E-state index is 5.72. The fourth-order valence-electron chi connectivity index (χ4n) is 1.96. The Kier molecular flexibility index (Phi) is 5.03. The van der Waals surface area contributed by atoms with Gasteiger partial charge in [-0.1, -0.05) is 13.8 Å². The maximum atomic E-state index is 5.72. The van der Waals surface area contributed by atoms with Crippen molar-refractivity contribution >= 4 is 0 Å². The molecule has 0 amide bonds. The number of nitrogens with two attached hydrogens (primary N) is 1. The highest BCUT2D eigenvalue weighted by atomic mass is 16.5. The van der Waals surface area contributed by atoms with E-state index in [4.69, 9.17) is 10.5 Å². The zero-order valence-electron chi connectivity index (χ0n) is 10.5. The fourth-order valence-corrected chi connectivity index (χ4v) is 1.96. The molecule has 0 aromatic heterocycles. The van der Waals surface area contributed by atoms with Crippen LogP contribution in [0.4, 0.5) is 0 Å². The molecule has 1 atom stereocenters. The van der Waals surface area contributed by atoms with Gasteiger partial charge in [0.1, 0.15) is 0 Å². The molecule has 0 saturated carbocycles. The molecule has 3 nitrogen and oxygen atoms in total. The Labute approximate surface area is 94.0 Å². The van der Waals surface area contributed by atoms with Gasteiger partial charge in [-0.15, -0.1) is 0 Å². The molecule has 2 N–H and O–H groups in total. The minimum atomic E-state index is 0.301. The Morgan fingerprint density at radius 1 is 1.47 bits per heavy atom. The van der Waals surface area contributed by atoms with Crippen LogP contribution in [0.1, 0.15) is 33.6 Å². The average molecular weight is 214 g/mol. The van der Waals surface area contributed by atoms with E-state index in [0.29, 0.717) is 11.5 Å². The van der Waals surface area contributed by atoms with Crippen LogP contribution in [-0.2, 0) is 4.74 Å². The van der Waals surface area contributed by atoms with Crippen LogP contribution in [0.5, 0.6) is 0 Å². The Bertz CT molecular complexity index is 182. The van der Waals surface area contributed by atoms with E-state index in [1.165, 1.54) is 19.4 Å². The molecule has 1 unspecified atom stereocenters. The second-order valence-electron chi connectivity index (χ2n) is 5.43. The minimum absolute atomic E-state index is 0.301. The van der Waals surface area contributed by atoms with Crippen molar-refractivity contribution in [3.05, 3.63) is 0 Å². The van der Waals surface area contributed by atoms with Crippen molar-refractivity contribution in [1.82, 2.24) is 4.90 Å². The molecule has 0 aromatic rings. The lowest BCUT2D eigenvalue weighted by Crippen LogP contribution is -2.44. The van der Waals surface area contributed by atoms with Crippen molar-refractivity contribution in [2.24, 2.45) is 11.1 Å². The Morgan fingerprint density at radius 3 is 2.80 bits per heavy atom. The average Bonchev–Trinajstić information content (AvgIpc) is 2.21. The van der Waals surface area contributed by atoms with Crippen molar-refractivity contribution in [2.45, 2.75) is 39.7 Å². The van der Waals surface area contributed by atoms with Crippen LogP contribution in [0.2, 0.25) is 0 Å². The highest BCUT2D eigenvalue weighted by molar-refractivity contribution is 4.74. The third-order valence-electron chi connectivity index (χ3n) is 3.36. The Morgan fingerprint density at radius 2 is 2.20 bits per heavy atom. The molecule has 1 fully saturated rings. The van der Waals surface area contributed by atoms with Gasteiger partial charge in [0.05, 0.1) is 13.2 Å². The summed E-state index contributed by atoms with van der Waals surface area (Å²) in [7, 11) is 0. The highest BCUT2D eigenvalue weighted by Crippen LogP contribution is 2.21. The zero-order valence-corrected chi connectivity index (χ0v) is 10.5. The van der Waals surface area contributed by atoms with Gasteiger partial charge in [0.2, 0.25) is 0 Å². The van der Waals surface area contributed by atoms with E-state index in [-0.39, 0.29) is 0 Å². The van der Waals surface area contributed by atoms with Crippen molar-refractivity contribution in [1.29, 1.82) is 0 Å². The van der Waals surface area contributed by atoms with Gasteiger partial charge < -0.3 is 10.5 Å². The quantitative estimate of drug-likeness (QED) is 0.753. The lowest BCUT2D eigenvalue weighted by Gasteiger charge is -2.34. The molecule has 3 heteroatoms. The van der Waals surface area contributed by atoms with Crippen molar-refractivity contribution in [3.8, 4) is 0 Å². The summed E-state index contributed by atoms with van der Waals surface area (Å²) in [5.74, 6) is 0. The molecule has 1 aliphatic heterocycles. The van der Waals surface area contributed by atoms with Crippen LogP contribution in [-0.4, -0.2) is 43.8 Å². The molecule has 0 aliphatic carbocycles. The summed E-state index contributed by atoms with van der Waals surface area (Å²) in [4.78, 5) is 2.52. The zero-order chi connectivity index (χ0) is 11.3. The van der Waals surface area contributed by atoms with Gasteiger partial charge in [0, 0.05) is 12.6 Å². The van der Waals surface area contributed by atoms with E-state index >= 15 is 0 Å². The predicted molar refractivity (Wildman–Crippen MR) is 63.9 cm³/mol. The summed E-state index contributed by atoms with van der Waals surface area (Å²) in [6.07, 6.45) is 2.46. The first-order valence-corrected chi connectivity index (χ1v) is 6.07. The molecule has 1 saturated heterocycles. The minimum Gasteiger partial charge on any atom is -0.379 e. The molecular formula is C12H26N2O. The first-order valence-electron chi connectivity index (χ1n) is 6.07. The molecule has 0 spiro atoms. The van der Waals surface area contributed by atoms with Crippen molar-refractivity contribution in [3.63, 3.8) is 0 Å². The third-order valence-corrected chi connectivity index (χ3v) is 3.36. The molecule has 0 radical (unpaired) electrons. The monoisotopic (exact) mass is 214 g/mol. The van der Waals surface area contributed by atoms with Crippen LogP contribution < -0.4 is 5.73 Å². The fraction of sp³-hybridized carbons (Fsp3) is 1.00. The summed E-state index contributed by atoms with van der Waals surface area (Å²) < 4.78 is 5.42. The second kappa shape index (κ2) is 5.83. The summed E-state index contributed by atoms with van der Waals surface area (Å²) >= 11 is 0. The third kappa shape index (κ3) is 4.49. The number of hydrogen-bond acceptors (Lipinski definition) is 3. The first-order chi connectivity index (χ1) is 7.05. The molecule has 0 aromatic carbocycles. The molecular weight excluding hydrogens is 188 g/mol. The number of morpholine rings is 1. The van der Waals surface area contributed by atoms with Gasteiger partial charge in [0.15, 0.2) is 0 Å². The summed E-state index contributed by atoms with van der Waals surface area (Å²) in [5, 5.41) is 0. The lowest BCUT2D eigenvalue weighted by atomic mass is 9.88.